The zero-order valence-corrected chi connectivity index (χ0v) is 14.8. The van der Waals surface area contributed by atoms with E-state index in [0.717, 1.165) is 17.3 Å². The van der Waals surface area contributed by atoms with Crippen molar-refractivity contribution >= 4 is 34.5 Å². The first-order valence-corrected chi connectivity index (χ1v) is 8.70. The number of fused-ring (bicyclic) bond motifs is 1. The zero-order valence-electron chi connectivity index (χ0n) is 13.3. The third-order valence-corrected chi connectivity index (χ3v) is 4.85. The van der Waals surface area contributed by atoms with Crippen LogP contribution in [-0.2, 0) is 11.5 Å². The Labute approximate surface area is 152 Å². The molecule has 132 valence electrons. The molecular formula is C16H15ClF2N4OS. The normalized spacial score (nSPS) is 13.9. The highest BCUT2D eigenvalue weighted by Crippen LogP contribution is 2.28. The third kappa shape index (κ3) is 4.26. The molecule has 2 atom stereocenters. The van der Waals surface area contributed by atoms with Crippen molar-refractivity contribution in [3.8, 4) is 0 Å². The largest absolute Gasteiger partial charge is 0.351 e. The lowest BCUT2D eigenvalue weighted by atomic mass is 10.2. The van der Waals surface area contributed by atoms with E-state index in [4.69, 9.17) is 16.3 Å². The fourth-order valence-corrected chi connectivity index (χ4v) is 3.17. The van der Waals surface area contributed by atoms with Gasteiger partial charge in [0, 0.05) is 4.90 Å². The summed E-state index contributed by atoms with van der Waals surface area (Å²) in [4.78, 5) is 12.7. The van der Waals surface area contributed by atoms with Gasteiger partial charge in [0.05, 0.1) is 6.33 Å². The SMILES string of the molecule is Cc1ccc(S[C@@H](F)[C@H](CF)OCn2cnc3c(Cl)ncnc32)cc1. The standard InChI is InChI=1S/C16H15ClF2N4OS/c1-10-2-4-11(5-3-10)25-15(19)12(6-18)24-9-23-8-22-13-14(17)20-7-21-16(13)23/h2-5,7-8,12,15H,6,9H2,1H3/t12-,15+/m0/s1. The second kappa shape index (κ2) is 8.07. The first-order valence-electron chi connectivity index (χ1n) is 7.45. The Hall–Kier alpha value is -1.77. The van der Waals surface area contributed by atoms with Crippen molar-refractivity contribution in [2.75, 3.05) is 6.67 Å². The molecule has 0 saturated carbocycles. The second-order valence-corrected chi connectivity index (χ2v) is 6.84. The molecule has 0 radical (unpaired) electrons. The number of imidazole rings is 1. The van der Waals surface area contributed by atoms with E-state index < -0.39 is 18.3 Å². The number of aryl methyl sites for hydroxylation is 1. The summed E-state index contributed by atoms with van der Waals surface area (Å²) in [7, 11) is 0. The van der Waals surface area contributed by atoms with Gasteiger partial charge in [-0.2, -0.15) is 0 Å². The first-order chi connectivity index (χ1) is 12.1. The van der Waals surface area contributed by atoms with Crippen LogP contribution >= 0.6 is 23.4 Å². The monoisotopic (exact) mass is 384 g/mol. The minimum Gasteiger partial charge on any atom is -0.351 e. The van der Waals surface area contributed by atoms with Crippen LogP contribution in [0.15, 0.2) is 41.8 Å². The van der Waals surface area contributed by atoms with Gasteiger partial charge in [-0.3, -0.25) is 4.57 Å². The van der Waals surface area contributed by atoms with Gasteiger partial charge in [0.1, 0.15) is 31.4 Å². The summed E-state index contributed by atoms with van der Waals surface area (Å²) in [6, 6.07) is 7.34. The lowest BCUT2D eigenvalue weighted by molar-refractivity contribution is -0.0256. The summed E-state index contributed by atoms with van der Waals surface area (Å²) in [6.45, 7) is 0.913. The summed E-state index contributed by atoms with van der Waals surface area (Å²) >= 11 is 6.85. The molecule has 0 aliphatic carbocycles. The van der Waals surface area contributed by atoms with Crippen molar-refractivity contribution in [2.45, 2.75) is 30.2 Å². The molecule has 0 saturated heterocycles. The molecule has 0 bridgehead atoms. The Morgan fingerprint density at radius 1 is 1.24 bits per heavy atom. The van der Waals surface area contributed by atoms with Gasteiger partial charge in [0.25, 0.3) is 0 Å². The molecule has 3 rings (SSSR count). The third-order valence-electron chi connectivity index (χ3n) is 3.50. The molecule has 0 spiro atoms. The van der Waals surface area contributed by atoms with E-state index in [2.05, 4.69) is 15.0 Å². The minimum absolute atomic E-state index is 0.0900. The predicted octanol–water partition coefficient (Wildman–Crippen LogP) is 4.19. The van der Waals surface area contributed by atoms with Crippen LogP contribution in [0.3, 0.4) is 0 Å². The van der Waals surface area contributed by atoms with Crippen molar-refractivity contribution in [3.63, 3.8) is 0 Å². The summed E-state index contributed by atoms with van der Waals surface area (Å²) in [5.74, 6) is 0. The van der Waals surface area contributed by atoms with Gasteiger partial charge in [-0.15, -0.1) is 0 Å². The summed E-state index contributed by atoms with van der Waals surface area (Å²) in [5.41, 5.74) is 0.390. The molecule has 2 heterocycles. The quantitative estimate of drug-likeness (QED) is 0.451. The number of rotatable bonds is 7. The maximum atomic E-state index is 14.4. The van der Waals surface area contributed by atoms with E-state index in [0.29, 0.717) is 16.1 Å². The Morgan fingerprint density at radius 2 is 2.00 bits per heavy atom. The van der Waals surface area contributed by atoms with E-state index in [1.54, 1.807) is 12.1 Å². The number of hydrogen-bond donors (Lipinski definition) is 0. The Bertz CT molecular complexity index is 846. The Morgan fingerprint density at radius 3 is 2.72 bits per heavy atom. The fraction of sp³-hybridized carbons (Fsp3) is 0.312. The van der Waals surface area contributed by atoms with Gasteiger partial charge in [0.2, 0.25) is 0 Å². The molecule has 0 fully saturated rings. The number of aromatic nitrogens is 4. The van der Waals surface area contributed by atoms with E-state index >= 15 is 0 Å². The minimum atomic E-state index is -1.54. The average Bonchev–Trinajstić information content (AvgIpc) is 3.02. The van der Waals surface area contributed by atoms with E-state index in [1.165, 1.54) is 17.2 Å². The Kier molecular flexibility index (Phi) is 5.82. The molecule has 0 aliphatic heterocycles. The Balaban J connectivity index is 1.65. The maximum absolute atomic E-state index is 14.4. The molecule has 5 nitrogen and oxygen atoms in total. The molecule has 0 N–H and O–H groups in total. The molecule has 0 amide bonds. The smallest absolute Gasteiger partial charge is 0.179 e. The van der Waals surface area contributed by atoms with Crippen LogP contribution in [0.2, 0.25) is 5.15 Å². The highest BCUT2D eigenvalue weighted by Gasteiger charge is 2.23. The van der Waals surface area contributed by atoms with E-state index in [9.17, 15) is 8.78 Å². The number of ether oxygens (including phenoxy) is 1. The second-order valence-electron chi connectivity index (χ2n) is 5.32. The van der Waals surface area contributed by atoms with Crippen molar-refractivity contribution in [1.82, 2.24) is 19.5 Å². The lowest BCUT2D eigenvalue weighted by Crippen LogP contribution is -2.26. The predicted molar refractivity (Wildman–Crippen MR) is 93.1 cm³/mol. The highest BCUT2D eigenvalue weighted by molar-refractivity contribution is 7.99. The van der Waals surface area contributed by atoms with E-state index in [-0.39, 0.29) is 11.9 Å². The van der Waals surface area contributed by atoms with Crippen LogP contribution in [-0.4, -0.2) is 37.8 Å². The molecule has 1 aromatic carbocycles. The van der Waals surface area contributed by atoms with Crippen LogP contribution in [0.4, 0.5) is 8.78 Å². The van der Waals surface area contributed by atoms with Crippen molar-refractivity contribution < 1.29 is 13.5 Å². The van der Waals surface area contributed by atoms with Crippen LogP contribution in [0.25, 0.3) is 11.2 Å². The maximum Gasteiger partial charge on any atom is 0.179 e. The van der Waals surface area contributed by atoms with Crippen molar-refractivity contribution in [1.29, 1.82) is 0 Å². The number of benzene rings is 1. The number of alkyl halides is 2. The molecule has 25 heavy (non-hydrogen) atoms. The molecule has 2 aromatic heterocycles. The van der Waals surface area contributed by atoms with Gasteiger partial charge in [0.15, 0.2) is 16.3 Å². The van der Waals surface area contributed by atoms with Crippen LogP contribution < -0.4 is 0 Å². The fourth-order valence-electron chi connectivity index (χ4n) is 2.14. The molecule has 0 unspecified atom stereocenters. The van der Waals surface area contributed by atoms with Crippen molar-refractivity contribution in [2.24, 2.45) is 0 Å². The van der Waals surface area contributed by atoms with Crippen molar-refractivity contribution in [3.05, 3.63) is 47.6 Å². The summed E-state index contributed by atoms with van der Waals surface area (Å²) in [6.07, 6.45) is 1.53. The first kappa shape index (κ1) is 18.0. The van der Waals surface area contributed by atoms with Gasteiger partial charge < -0.3 is 4.74 Å². The van der Waals surface area contributed by atoms with Crippen LogP contribution in [0.1, 0.15) is 5.56 Å². The summed E-state index contributed by atoms with van der Waals surface area (Å²) in [5, 5.41) is 0.212. The van der Waals surface area contributed by atoms with Crippen LogP contribution in [0.5, 0.6) is 0 Å². The molecular weight excluding hydrogens is 370 g/mol. The molecule has 3 aromatic rings. The van der Waals surface area contributed by atoms with Crippen LogP contribution in [0, 0.1) is 6.92 Å². The zero-order chi connectivity index (χ0) is 17.8. The summed E-state index contributed by atoms with van der Waals surface area (Å²) < 4.78 is 34.5. The number of hydrogen-bond acceptors (Lipinski definition) is 5. The average molecular weight is 385 g/mol. The highest BCUT2D eigenvalue weighted by atomic mass is 35.5. The van der Waals surface area contributed by atoms with Gasteiger partial charge in [-0.1, -0.05) is 41.1 Å². The van der Waals surface area contributed by atoms with Gasteiger partial charge in [-0.25, -0.2) is 23.7 Å². The number of thioether (sulfide) groups is 1. The van der Waals surface area contributed by atoms with Gasteiger partial charge >= 0.3 is 0 Å². The van der Waals surface area contributed by atoms with Gasteiger partial charge in [-0.05, 0) is 19.1 Å². The molecule has 9 heteroatoms. The topological polar surface area (TPSA) is 52.8 Å². The van der Waals surface area contributed by atoms with E-state index in [1.807, 2.05) is 19.1 Å². The number of nitrogens with zero attached hydrogens (tertiary/aromatic N) is 4. The number of halogens is 3. The molecule has 0 aliphatic rings. The lowest BCUT2D eigenvalue weighted by Gasteiger charge is -2.19.